The molecule has 0 bridgehead atoms. The molecule has 16 heavy (non-hydrogen) atoms. The third kappa shape index (κ3) is 3.51. The number of methoxy groups -OCH3 is 1. The van der Waals surface area contributed by atoms with Crippen molar-refractivity contribution in [3.05, 3.63) is 28.3 Å². The summed E-state index contributed by atoms with van der Waals surface area (Å²) in [5.41, 5.74) is 2.32. The molecule has 0 aliphatic rings. The third-order valence-corrected chi connectivity index (χ3v) is 2.70. The van der Waals surface area contributed by atoms with Crippen LogP contribution < -0.4 is 10.1 Å². The second-order valence-corrected chi connectivity index (χ2v) is 3.94. The highest BCUT2D eigenvalue weighted by atomic mass is 35.5. The van der Waals surface area contributed by atoms with Crippen LogP contribution in [0, 0.1) is 6.92 Å². The number of carbonyl (C=O) groups is 1. The SMILES string of the molecule is COc1cc(C)c(CCNCC=O)cc1Cl. The molecule has 0 aliphatic heterocycles. The molecule has 1 aromatic carbocycles. The zero-order valence-corrected chi connectivity index (χ0v) is 10.3. The molecule has 0 aliphatic carbocycles. The van der Waals surface area contributed by atoms with Crippen molar-refractivity contribution in [3.63, 3.8) is 0 Å². The molecule has 1 N–H and O–H groups in total. The number of aldehydes is 1. The molecule has 0 amide bonds. The fraction of sp³-hybridized carbons (Fsp3) is 0.417. The fourth-order valence-electron chi connectivity index (χ4n) is 1.51. The van der Waals surface area contributed by atoms with Crippen LogP contribution in [-0.2, 0) is 11.2 Å². The van der Waals surface area contributed by atoms with E-state index in [0.29, 0.717) is 17.3 Å². The maximum atomic E-state index is 10.1. The summed E-state index contributed by atoms with van der Waals surface area (Å²) in [6, 6.07) is 3.84. The van der Waals surface area contributed by atoms with Crippen LogP contribution in [0.1, 0.15) is 11.1 Å². The number of ether oxygens (including phenoxy) is 1. The molecule has 0 heterocycles. The Kier molecular flexibility index (Phi) is 5.29. The second-order valence-electron chi connectivity index (χ2n) is 3.53. The zero-order valence-electron chi connectivity index (χ0n) is 9.55. The maximum Gasteiger partial charge on any atom is 0.137 e. The van der Waals surface area contributed by atoms with E-state index in [9.17, 15) is 4.79 Å². The number of carbonyl (C=O) groups excluding carboxylic acids is 1. The first-order valence-electron chi connectivity index (χ1n) is 5.16. The number of rotatable bonds is 6. The third-order valence-electron chi connectivity index (χ3n) is 2.41. The lowest BCUT2D eigenvalue weighted by Gasteiger charge is -2.10. The highest BCUT2D eigenvalue weighted by Gasteiger charge is 2.05. The lowest BCUT2D eigenvalue weighted by atomic mass is 10.1. The standard InChI is InChI=1S/C12H16ClNO2/c1-9-7-12(16-2)11(13)8-10(9)3-4-14-5-6-15/h6-8,14H,3-5H2,1-2H3. The van der Waals surface area contributed by atoms with E-state index in [-0.39, 0.29) is 0 Å². The molecule has 1 rings (SSSR count). The van der Waals surface area contributed by atoms with Crippen LogP contribution in [-0.4, -0.2) is 26.5 Å². The molecule has 1 aromatic rings. The molecule has 0 unspecified atom stereocenters. The minimum atomic E-state index is 0.392. The largest absolute Gasteiger partial charge is 0.495 e. The van der Waals surface area contributed by atoms with Gasteiger partial charge in [-0.25, -0.2) is 0 Å². The van der Waals surface area contributed by atoms with Crippen molar-refractivity contribution in [2.75, 3.05) is 20.2 Å². The number of hydrogen-bond acceptors (Lipinski definition) is 3. The minimum absolute atomic E-state index is 0.392. The van der Waals surface area contributed by atoms with E-state index in [1.54, 1.807) is 7.11 Å². The van der Waals surface area contributed by atoms with Crippen LogP contribution in [0.3, 0.4) is 0 Å². The zero-order chi connectivity index (χ0) is 12.0. The highest BCUT2D eigenvalue weighted by molar-refractivity contribution is 6.32. The van der Waals surface area contributed by atoms with Gasteiger partial charge in [-0.2, -0.15) is 0 Å². The van der Waals surface area contributed by atoms with Gasteiger partial charge in [0.15, 0.2) is 0 Å². The topological polar surface area (TPSA) is 38.3 Å². The summed E-state index contributed by atoms with van der Waals surface area (Å²) >= 11 is 6.04. The van der Waals surface area contributed by atoms with Gasteiger partial charge >= 0.3 is 0 Å². The van der Waals surface area contributed by atoms with E-state index in [4.69, 9.17) is 16.3 Å². The fourth-order valence-corrected chi connectivity index (χ4v) is 1.77. The van der Waals surface area contributed by atoms with Gasteiger partial charge < -0.3 is 14.8 Å². The smallest absolute Gasteiger partial charge is 0.137 e. The predicted octanol–water partition coefficient (Wildman–Crippen LogP) is 1.99. The van der Waals surface area contributed by atoms with Crippen molar-refractivity contribution in [1.82, 2.24) is 5.32 Å². The first-order chi connectivity index (χ1) is 7.69. The number of benzene rings is 1. The first-order valence-corrected chi connectivity index (χ1v) is 5.54. The van der Waals surface area contributed by atoms with E-state index >= 15 is 0 Å². The van der Waals surface area contributed by atoms with Gasteiger partial charge in [0.2, 0.25) is 0 Å². The van der Waals surface area contributed by atoms with Gasteiger partial charge in [-0.05, 0) is 43.1 Å². The van der Waals surface area contributed by atoms with Crippen molar-refractivity contribution in [3.8, 4) is 5.75 Å². The highest BCUT2D eigenvalue weighted by Crippen LogP contribution is 2.27. The van der Waals surface area contributed by atoms with Gasteiger partial charge in [0, 0.05) is 0 Å². The Morgan fingerprint density at radius 3 is 2.88 bits per heavy atom. The van der Waals surface area contributed by atoms with Crippen LogP contribution in [0.25, 0.3) is 0 Å². The van der Waals surface area contributed by atoms with Crippen molar-refractivity contribution >= 4 is 17.9 Å². The van der Waals surface area contributed by atoms with Crippen molar-refractivity contribution in [2.45, 2.75) is 13.3 Å². The summed E-state index contributed by atoms with van der Waals surface area (Å²) in [6.07, 6.45) is 1.71. The Hall–Kier alpha value is -1.06. The molecular weight excluding hydrogens is 226 g/mol. The summed E-state index contributed by atoms with van der Waals surface area (Å²) in [5.74, 6) is 0.698. The normalized spacial score (nSPS) is 10.2. The predicted molar refractivity (Wildman–Crippen MR) is 65.4 cm³/mol. The number of halogens is 1. The van der Waals surface area contributed by atoms with Crippen LogP contribution in [0.2, 0.25) is 5.02 Å². The van der Waals surface area contributed by atoms with Gasteiger partial charge in [0.1, 0.15) is 12.0 Å². The lowest BCUT2D eigenvalue weighted by Crippen LogP contribution is -2.19. The van der Waals surface area contributed by atoms with E-state index in [1.807, 2.05) is 19.1 Å². The van der Waals surface area contributed by atoms with E-state index in [0.717, 1.165) is 24.8 Å². The Morgan fingerprint density at radius 1 is 1.50 bits per heavy atom. The van der Waals surface area contributed by atoms with Crippen LogP contribution in [0.5, 0.6) is 5.75 Å². The van der Waals surface area contributed by atoms with Crippen LogP contribution in [0.4, 0.5) is 0 Å². The van der Waals surface area contributed by atoms with Gasteiger partial charge in [0.25, 0.3) is 0 Å². The molecule has 0 saturated carbocycles. The summed E-state index contributed by atoms with van der Waals surface area (Å²) in [4.78, 5) is 10.1. The van der Waals surface area contributed by atoms with E-state index in [2.05, 4.69) is 5.32 Å². The Morgan fingerprint density at radius 2 is 2.25 bits per heavy atom. The second kappa shape index (κ2) is 6.51. The Labute approximate surface area is 101 Å². The van der Waals surface area contributed by atoms with Crippen molar-refractivity contribution in [2.24, 2.45) is 0 Å². The number of hydrogen-bond donors (Lipinski definition) is 1. The Bertz CT molecular complexity index is 366. The van der Waals surface area contributed by atoms with Crippen LogP contribution in [0.15, 0.2) is 12.1 Å². The Balaban J connectivity index is 2.66. The molecule has 0 fully saturated rings. The number of aryl methyl sites for hydroxylation is 1. The molecule has 4 heteroatoms. The minimum Gasteiger partial charge on any atom is -0.495 e. The quantitative estimate of drug-likeness (QED) is 0.612. The summed E-state index contributed by atoms with van der Waals surface area (Å²) in [5, 5.41) is 3.64. The van der Waals surface area contributed by atoms with Crippen molar-refractivity contribution < 1.29 is 9.53 Å². The maximum absolute atomic E-state index is 10.1. The lowest BCUT2D eigenvalue weighted by molar-refractivity contribution is -0.107. The summed E-state index contributed by atoms with van der Waals surface area (Å²) in [6.45, 7) is 3.18. The van der Waals surface area contributed by atoms with Crippen LogP contribution >= 0.6 is 11.6 Å². The average Bonchev–Trinajstić information content (AvgIpc) is 2.28. The molecule has 3 nitrogen and oxygen atoms in total. The van der Waals surface area contributed by atoms with Crippen molar-refractivity contribution in [1.29, 1.82) is 0 Å². The summed E-state index contributed by atoms with van der Waals surface area (Å²) < 4.78 is 5.13. The average molecular weight is 242 g/mol. The molecule has 88 valence electrons. The molecule has 0 saturated heterocycles. The van der Waals surface area contributed by atoms with Gasteiger partial charge in [-0.3, -0.25) is 0 Å². The van der Waals surface area contributed by atoms with Gasteiger partial charge in [0.05, 0.1) is 18.7 Å². The van der Waals surface area contributed by atoms with E-state index < -0.39 is 0 Å². The molecule has 0 aromatic heterocycles. The summed E-state index contributed by atoms with van der Waals surface area (Å²) in [7, 11) is 1.60. The van der Waals surface area contributed by atoms with Gasteiger partial charge in [-0.1, -0.05) is 11.6 Å². The molecule has 0 spiro atoms. The molecule has 0 radical (unpaired) electrons. The monoisotopic (exact) mass is 241 g/mol. The molecule has 0 atom stereocenters. The first kappa shape index (κ1) is 13.0. The number of nitrogens with one attached hydrogen (secondary N) is 1. The van der Waals surface area contributed by atoms with E-state index in [1.165, 1.54) is 5.56 Å². The molecular formula is C12H16ClNO2. The van der Waals surface area contributed by atoms with Gasteiger partial charge in [-0.15, -0.1) is 0 Å².